The van der Waals surface area contributed by atoms with Crippen LogP contribution in [0.1, 0.15) is 24.8 Å². The summed E-state index contributed by atoms with van der Waals surface area (Å²) in [4.78, 5) is 0. The first-order valence-corrected chi connectivity index (χ1v) is 9.59. The Labute approximate surface area is 139 Å². The molecule has 132 valence electrons. The Bertz CT molecular complexity index is 606. The van der Waals surface area contributed by atoms with E-state index in [4.69, 9.17) is 4.74 Å². The molecular weight excluding hydrogens is 345 g/mol. The van der Waals surface area contributed by atoms with Crippen LogP contribution in [0.2, 0.25) is 0 Å². The van der Waals surface area contributed by atoms with E-state index >= 15 is 0 Å². The molecule has 9 heteroatoms. The summed E-state index contributed by atoms with van der Waals surface area (Å²) in [6.07, 6.45) is 0.293. The van der Waals surface area contributed by atoms with Crippen LogP contribution in [0.3, 0.4) is 0 Å². The maximum absolute atomic E-state index is 13.2. The van der Waals surface area contributed by atoms with Crippen molar-refractivity contribution in [3.8, 4) is 0 Å². The predicted octanol–water partition coefficient (Wildman–Crippen LogP) is 2.08. The van der Waals surface area contributed by atoms with Crippen LogP contribution in [0.4, 0.5) is 9.57 Å². The van der Waals surface area contributed by atoms with Crippen molar-refractivity contribution in [3.05, 3.63) is 29.8 Å². The summed E-state index contributed by atoms with van der Waals surface area (Å²) < 4.78 is 64.0. The van der Waals surface area contributed by atoms with Gasteiger partial charge in [-0.05, 0) is 38.3 Å². The third-order valence-electron chi connectivity index (χ3n) is 3.43. The van der Waals surface area contributed by atoms with Gasteiger partial charge in [-0.3, -0.25) is 4.21 Å². The molecule has 0 aliphatic heterocycles. The number of nitrogens with zero attached hydrogens (tertiary/aromatic N) is 1. The molecule has 0 saturated carbocycles. The summed E-state index contributed by atoms with van der Waals surface area (Å²) in [5.41, 5.74) is 1.48. The summed E-state index contributed by atoms with van der Waals surface area (Å²) in [6, 6.07) is 6.89. The molecule has 0 amide bonds. The molecule has 23 heavy (non-hydrogen) atoms. The lowest BCUT2D eigenvalue weighted by molar-refractivity contribution is 0.192. The van der Waals surface area contributed by atoms with Gasteiger partial charge in [-0.2, -0.15) is 8.42 Å². The summed E-state index contributed by atoms with van der Waals surface area (Å²) in [7, 11) is -3.27. The van der Waals surface area contributed by atoms with Crippen molar-refractivity contribution >= 4 is 27.2 Å². The highest BCUT2D eigenvalue weighted by molar-refractivity contribution is 7.87. The summed E-state index contributed by atoms with van der Waals surface area (Å²) in [6.45, 7) is 2.09. The first-order valence-electron chi connectivity index (χ1n) is 7.11. The van der Waals surface area contributed by atoms with Gasteiger partial charge in [0.25, 0.3) is 0 Å². The van der Waals surface area contributed by atoms with E-state index in [1.165, 1.54) is 7.11 Å². The minimum atomic E-state index is -4.68. The zero-order valence-corrected chi connectivity index (χ0v) is 14.7. The van der Waals surface area contributed by atoms with Crippen LogP contribution < -0.4 is 4.31 Å². The molecule has 0 aliphatic carbocycles. The number of benzene rings is 1. The van der Waals surface area contributed by atoms with E-state index in [9.17, 15) is 21.1 Å². The van der Waals surface area contributed by atoms with E-state index in [-0.39, 0.29) is 32.4 Å². The van der Waals surface area contributed by atoms with Crippen molar-refractivity contribution in [2.75, 3.05) is 24.6 Å². The maximum atomic E-state index is 13.2. The highest BCUT2D eigenvalue weighted by Gasteiger charge is 2.24. The average molecular weight is 366 g/mol. The van der Waals surface area contributed by atoms with Crippen LogP contribution in [0.25, 0.3) is 0 Å². The Morgan fingerprint density at radius 1 is 1.30 bits per heavy atom. The van der Waals surface area contributed by atoms with Crippen molar-refractivity contribution in [2.45, 2.75) is 31.4 Å². The highest BCUT2D eigenvalue weighted by Crippen LogP contribution is 2.20. The number of halogens is 1. The van der Waals surface area contributed by atoms with Crippen LogP contribution in [0.5, 0.6) is 0 Å². The number of hydrogen-bond donors (Lipinski definition) is 0. The molecule has 2 unspecified atom stereocenters. The Kier molecular flexibility index (Phi) is 8.10. The minimum Gasteiger partial charge on any atom is -0.755 e. The molecule has 2 atom stereocenters. The van der Waals surface area contributed by atoms with Crippen LogP contribution in [0.15, 0.2) is 24.3 Å². The molecule has 0 heterocycles. The van der Waals surface area contributed by atoms with E-state index < -0.39 is 26.7 Å². The normalized spacial score (nSPS) is 14.4. The predicted molar refractivity (Wildman–Crippen MR) is 87.0 cm³/mol. The van der Waals surface area contributed by atoms with E-state index in [0.29, 0.717) is 5.69 Å². The summed E-state index contributed by atoms with van der Waals surface area (Å²) >= 11 is -2.49. The maximum Gasteiger partial charge on any atom is 0.305 e. The number of rotatable bonds is 10. The first-order chi connectivity index (χ1) is 10.8. The van der Waals surface area contributed by atoms with Gasteiger partial charge < -0.3 is 13.6 Å². The second-order valence-electron chi connectivity index (χ2n) is 5.18. The zero-order chi connectivity index (χ0) is 17.5. The summed E-state index contributed by atoms with van der Waals surface area (Å²) in [5.74, 6) is 0. The largest absolute Gasteiger partial charge is 0.755 e. The van der Waals surface area contributed by atoms with Crippen LogP contribution in [-0.2, 0) is 26.2 Å². The molecule has 0 spiro atoms. The number of aryl methyl sites for hydroxylation is 1. The quantitative estimate of drug-likeness (QED) is 0.467. The smallest absolute Gasteiger partial charge is 0.305 e. The lowest BCUT2D eigenvalue weighted by atomic mass is 10.2. The fourth-order valence-electron chi connectivity index (χ4n) is 2.14. The number of ether oxygens (including phenoxy) is 1. The zero-order valence-electron chi connectivity index (χ0n) is 13.1. The van der Waals surface area contributed by atoms with E-state index in [1.54, 1.807) is 24.3 Å². The topological polar surface area (TPSA) is 86.7 Å². The van der Waals surface area contributed by atoms with Gasteiger partial charge in [0.15, 0.2) is 0 Å². The Morgan fingerprint density at radius 2 is 1.91 bits per heavy atom. The second-order valence-corrected chi connectivity index (χ2v) is 7.67. The van der Waals surface area contributed by atoms with Gasteiger partial charge >= 0.3 is 10.2 Å². The van der Waals surface area contributed by atoms with Gasteiger partial charge in [-0.1, -0.05) is 17.7 Å². The lowest BCUT2D eigenvalue weighted by Crippen LogP contribution is -2.28. The third kappa shape index (κ3) is 6.94. The molecule has 0 bridgehead atoms. The minimum absolute atomic E-state index is 0.0295. The van der Waals surface area contributed by atoms with Gasteiger partial charge in [-0.15, -0.1) is 3.89 Å². The molecular formula is C14H21FNO5S2-. The Hall–Kier alpha value is -1.03. The van der Waals surface area contributed by atoms with Crippen molar-refractivity contribution < 1.29 is 25.8 Å². The molecule has 0 fully saturated rings. The van der Waals surface area contributed by atoms with Crippen molar-refractivity contribution in [2.24, 2.45) is 0 Å². The fourth-order valence-corrected chi connectivity index (χ4v) is 3.54. The lowest BCUT2D eigenvalue weighted by Gasteiger charge is -2.27. The second kappa shape index (κ2) is 9.31. The van der Waals surface area contributed by atoms with E-state index in [1.807, 2.05) is 6.92 Å². The van der Waals surface area contributed by atoms with Gasteiger partial charge in [-0.25, -0.2) is 0 Å². The number of anilines is 1. The first kappa shape index (κ1) is 20.0. The number of methoxy groups -OCH3 is 1. The van der Waals surface area contributed by atoms with Crippen LogP contribution in [-0.4, -0.2) is 42.7 Å². The molecule has 0 aromatic heterocycles. The van der Waals surface area contributed by atoms with Gasteiger partial charge in [0, 0.05) is 37.2 Å². The van der Waals surface area contributed by atoms with Crippen molar-refractivity contribution in [1.29, 1.82) is 0 Å². The molecule has 1 aromatic rings. The Morgan fingerprint density at radius 3 is 2.39 bits per heavy atom. The SMILES string of the molecule is COCCC(CCCN(c1ccc(C)cc1)S(=O)[O-])S(=O)(=O)F. The standard InChI is InChI=1S/C14H22FNO5S2/c1-12-5-7-13(8-6-12)16(22(17)18)10-3-4-14(9-11-21-2)23(15,19)20/h5-8,14H,3-4,9-11H2,1-2H3,(H,17,18)/p-1. The van der Waals surface area contributed by atoms with Crippen molar-refractivity contribution in [1.82, 2.24) is 0 Å². The van der Waals surface area contributed by atoms with Gasteiger partial charge in [0.05, 0.1) is 5.25 Å². The molecule has 1 aromatic carbocycles. The molecule has 0 radical (unpaired) electrons. The van der Waals surface area contributed by atoms with Crippen LogP contribution in [0, 0.1) is 6.92 Å². The average Bonchev–Trinajstić information content (AvgIpc) is 2.46. The molecule has 1 rings (SSSR count). The van der Waals surface area contributed by atoms with Gasteiger partial charge in [0.2, 0.25) is 0 Å². The van der Waals surface area contributed by atoms with E-state index in [2.05, 4.69) is 0 Å². The van der Waals surface area contributed by atoms with Crippen molar-refractivity contribution in [3.63, 3.8) is 0 Å². The van der Waals surface area contributed by atoms with Crippen LogP contribution >= 0.6 is 0 Å². The highest BCUT2D eigenvalue weighted by atomic mass is 32.3. The molecule has 6 nitrogen and oxygen atoms in total. The van der Waals surface area contributed by atoms with E-state index in [0.717, 1.165) is 9.87 Å². The molecule has 0 N–H and O–H groups in total. The number of hydrogen-bond acceptors (Lipinski definition) is 5. The fraction of sp³-hybridized carbons (Fsp3) is 0.571. The monoisotopic (exact) mass is 366 g/mol. The van der Waals surface area contributed by atoms with Gasteiger partial charge in [0.1, 0.15) is 0 Å². The third-order valence-corrected chi connectivity index (χ3v) is 5.45. The molecule has 0 saturated heterocycles. The molecule has 0 aliphatic rings. The summed E-state index contributed by atoms with van der Waals surface area (Å²) in [5, 5.41) is -1.18. The Balaban J connectivity index is 2.68.